The number of carbonyl (C=O) groups is 1. The average molecular weight is 473 g/mol. The number of amides is 1. The topological polar surface area (TPSA) is 84.5 Å². The van der Waals surface area contributed by atoms with Crippen molar-refractivity contribution < 1.29 is 17.9 Å². The summed E-state index contributed by atoms with van der Waals surface area (Å²) in [7, 11) is -2.65. The van der Waals surface area contributed by atoms with Crippen LogP contribution in [0.15, 0.2) is 77.7 Å². The molecule has 3 rings (SSSR count). The summed E-state index contributed by atoms with van der Waals surface area (Å²) in [5.41, 5.74) is 1.24. The number of rotatable bonds is 8. The summed E-state index contributed by atoms with van der Waals surface area (Å²) in [6.07, 6.45) is 0.225. The fraction of sp³-hybridized carbons (Fsp3) is 0.208. The van der Waals surface area contributed by atoms with Gasteiger partial charge in [-0.3, -0.25) is 9.52 Å². The Labute approximate surface area is 193 Å². The van der Waals surface area contributed by atoms with Gasteiger partial charge in [-0.1, -0.05) is 67.9 Å². The molecule has 1 amide bonds. The number of methoxy groups -OCH3 is 1. The Morgan fingerprint density at radius 3 is 2.31 bits per heavy atom. The summed E-state index contributed by atoms with van der Waals surface area (Å²) >= 11 is 6.09. The number of sulfonamides is 1. The number of hydrogen-bond acceptors (Lipinski definition) is 4. The van der Waals surface area contributed by atoms with Gasteiger partial charge in [0.05, 0.1) is 17.8 Å². The van der Waals surface area contributed by atoms with Gasteiger partial charge in [-0.25, -0.2) is 8.42 Å². The molecule has 0 spiro atoms. The third-order valence-corrected chi connectivity index (χ3v) is 6.73. The van der Waals surface area contributed by atoms with Crippen LogP contribution in [0.2, 0.25) is 5.02 Å². The van der Waals surface area contributed by atoms with Crippen LogP contribution in [0.3, 0.4) is 0 Å². The van der Waals surface area contributed by atoms with Crippen LogP contribution < -0.4 is 14.8 Å². The van der Waals surface area contributed by atoms with Gasteiger partial charge in [0.1, 0.15) is 10.6 Å². The number of halogens is 1. The molecule has 0 saturated carbocycles. The molecule has 3 aromatic carbocycles. The smallest absolute Gasteiger partial charge is 0.265 e. The zero-order valence-corrected chi connectivity index (χ0v) is 19.6. The van der Waals surface area contributed by atoms with Gasteiger partial charge in [-0.2, -0.15) is 0 Å². The second kappa shape index (κ2) is 9.63. The van der Waals surface area contributed by atoms with Crippen molar-refractivity contribution >= 4 is 38.9 Å². The largest absolute Gasteiger partial charge is 0.495 e. The van der Waals surface area contributed by atoms with Crippen LogP contribution in [0.4, 0.5) is 11.4 Å². The van der Waals surface area contributed by atoms with E-state index in [1.807, 2.05) is 44.2 Å². The van der Waals surface area contributed by atoms with Crippen molar-refractivity contribution in [1.29, 1.82) is 0 Å². The number of carbonyl (C=O) groups excluding carboxylic acids is 1. The van der Waals surface area contributed by atoms with E-state index in [9.17, 15) is 13.2 Å². The van der Waals surface area contributed by atoms with E-state index in [0.29, 0.717) is 5.69 Å². The highest BCUT2D eigenvalue weighted by molar-refractivity contribution is 7.92. The van der Waals surface area contributed by atoms with Crippen molar-refractivity contribution in [3.8, 4) is 5.75 Å². The van der Waals surface area contributed by atoms with Crippen LogP contribution in [0, 0.1) is 0 Å². The highest BCUT2D eigenvalue weighted by Crippen LogP contribution is 2.32. The van der Waals surface area contributed by atoms with Gasteiger partial charge in [0, 0.05) is 12.1 Å². The van der Waals surface area contributed by atoms with Crippen molar-refractivity contribution in [2.45, 2.75) is 30.6 Å². The molecule has 6 nitrogen and oxygen atoms in total. The van der Waals surface area contributed by atoms with Crippen LogP contribution >= 0.6 is 11.6 Å². The molecule has 0 unspecified atom stereocenters. The highest BCUT2D eigenvalue weighted by atomic mass is 35.5. The van der Waals surface area contributed by atoms with Gasteiger partial charge in [0.15, 0.2) is 0 Å². The second-order valence-corrected chi connectivity index (χ2v) is 9.98. The van der Waals surface area contributed by atoms with Crippen LogP contribution in [0.5, 0.6) is 5.75 Å². The maximum absolute atomic E-state index is 13.0. The predicted octanol–water partition coefficient (Wildman–Crippen LogP) is 5.46. The van der Waals surface area contributed by atoms with Gasteiger partial charge in [-0.05, 0) is 41.3 Å². The third kappa shape index (κ3) is 5.60. The first-order chi connectivity index (χ1) is 15.1. The van der Waals surface area contributed by atoms with E-state index < -0.39 is 15.4 Å². The molecule has 0 heterocycles. The van der Waals surface area contributed by atoms with E-state index in [0.717, 1.165) is 5.56 Å². The minimum atomic E-state index is -4.03. The summed E-state index contributed by atoms with van der Waals surface area (Å²) in [5, 5.41) is 3.06. The molecule has 0 bridgehead atoms. The Morgan fingerprint density at radius 1 is 1.00 bits per heavy atom. The lowest BCUT2D eigenvalue weighted by atomic mass is 9.81. The molecule has 2 N–H and O–H groups in total. The maximum Gasteiger partial charge on any atom is 0.265 e. The van der Waals surface area contributed by atoms with Gasteiger partial charge < -0.3 is 10.1 Å². The van der Waals surface area contributed by atoms with E-state index in [1.54, 1.807) is 30.3 Å². The molecule has 0 saturated heterocycles. The lowest BCUT2D eigenvalue weighted by Gasteiger charge is -2.24. The lowest BCUT2D eigenvalue weighted by Crippen LogP contribution is -2.26. The number of para-hydroxylation sites is 1. The number of ether oxygens (including phenoxy) is 1. The second-order valence-electron chi connectivity index (χ2n) is 7.93. The van der Waals surface area contributed by atoms with Crippen molar-refractivity contribution in [2.24, 2.45) is 0 Å². The van der Waals surface area contributed by atoms with Crippen LogP contribution in [0.1, 0.15) is 25.8 Å². The predicted molar refractivity (Wildman–Crippen MR) is 128 cm³/mol. The van der Waals surface area contributed by atoms with E-state index in [-0.39, 0.29) is 33.7 Å². The van der Waals surface area contributed by atoms with E-state index in [1.165, 1.54) is 19.2 Å². The molecule has 0 radical (unpaired) electrons. The normalized spacial score (nSPS) is 11.6. The minimum Gasteiger partial charge on any atom is -0.495 e. The lowest BCUT2D eigenvalue weighted by molar-refractivity contribution is -0.117. The minimum absolute atomic E-state index is 0.111. The summed E-state index contributed by atoms with van der Waals surface area (Å²) in [6, 6.07) is 20.7. The Bertz CT molecular complexity index is 1210. The Balaban J connectivity index is 1.83. The van der Waals surface area contributed by atoms with Gasteiger partial charge >= 0.3 is 0 Å². The standard InChI is InChI=1S/C24H25ClN2O4S/c1-24(2,17-9-5-4-6-10-17)16-23(28)26-18-13-14-21(31-3)22(15-18)32(29,30)27-20-12-8-7-11-19(20)25/h4-15,27H,16H2,1-3H3,(H,26,28). The molecule has 0 atom stereocenters. The molecule has 3 aromatic rings. The van der Waals surface area contributed by atoms with Crippen LogP contribution in [0.25, 0.3) is 0 Å². The quantitative estimate of drug-likeness (QED) is 0.456. The fourth-order valence-corrected chi connectivity index (χ4v) is 4.82. The first kappa shape index (κ1) is 23.6. The molecule has 0 aromatic heterocycles. The monoisotopic (exact) mass is 472 g/mol. The molecule has 0 fully saturated rings. The van der Waals surface area contributed by atoms with E-state index in [2.05, 4.69) is 10.0 Å². The summed E-state index contributed by atoms with van der Waals surface area (Å²) in [5.74, 6) is -0.0846. The first-order valence-electron chi connectivity index (χ1n) is 9.93. The van der Waals surface area contributed by atoms with Crippen LogP contribution in [-0.4, -0.2) is 21.4 Å². The van der Waals surface area contributed by atoms with Gasteiger partial charge in [-0.15, -0.1) is 0 Å². The molecule has 0 aliphatic rings. The average Bonchev–Trinajstić information content (AvgIpc) is 2.75. The zero-order valence-electron chi connectivity index (χ0n) is 18.1. The molecule has 0 aliphatic carbocycles. The van der Waals surface area contributed by atoms with Crippen molar-refractivity contribution in [3.05, 3.63) is 83.4 Å². The Hall–Kier alpha value is -3.03. The zero-order chi connectivity index (χ0) is 23.4. The number of anilines is 2. The highest BCUT2D eigenvalue weighted by Gasteiger charge is 2.25. The Kier molecular flexibility index (Phi) is 7.11. The van der Waals surface area contributed by atoms with Crippen molar-refractivity contribution in [2.75, 3.05) is 17.1 Å². The Morgan fingerprint density at radius 2 is 1.66 bits per heavy atom. The molecule has 168 valence electrons. The fourth-order valence-electron chi connectivity index (χ4n) is 3.31. The summed E-state index contributed by atoms with van der Waals surface area (Å²) in [6.45, 7) is 3.97. The van der Waals surface area contributed by atoms with Gasteiger partial charge in [0.2, 0.25) is 5.91 Å². The SMILES string of the molecule is COc1ccc(NC(=O)CC(C)(C)c2ccccc2)cc1S(=O)(=O)Nc1ccccc1Cl. The summed E-state index contributed by atoms with van der Waals surface area (Å²) < 4.78 is 33.7. The van der Waals surface area contributed by atoms with Crippen LogP contribution in [-0.2, 0) is 20.2 Å². The number of hydrogen-bond donors (Lipinski definition) is 2. The summed E-state index contributed by atoms with van der Waals surface area (Å²) in [4.78, 5) is 12.6. The molecular formula is C24H25ClN2O4S. The van der Waals surface area contributed by atoms with E-state index in [4.69, 9.17) is 16.3 Å². The molecule has 0 aliphatic heterocycles. The van der Waals surface area contributed by atoms with Gasteiger partial charge in [0.25, 0.3) is 10.0 Å². The van der Waals surface area contributed by atoms with Crippen molar-refractivity contribution in [1.82, 2.24) is 0 Å². The van der Waals surface area contributed by atoms with Crippen molar-refractivity contribution in [3.63, 3.8) is 0 Å². The number of benzene rings is 3. The molecule has 32 heavy (non-hydrogen) atoms. The number of nitrogens with one attached hydrogen (secondary N) is 2. The third-order valence-electron chi connectivity index (χ3n) is 5.01. The first-order valence-corrected chi connectivity index (χ1v) is 11.8. The maximum atomic E-state index is 13.0. The van der Waals surface area contributed by atoms with E-state index >= 15 is 0 Å². The molecule has 8 heteroatoms. The molecular weight excluding hydrogens is 448 g/mol.